The summed E-state index contributed by atoms with van der Waals surface area (Å²) in [5, 5.41) is 0. The van der Waals surface area contributed by atoms with Crippen LogP contribution in [0.5, 0.6) is 0 Å². The minimum Gasteiger partial charge on any atom is -0.347 e. The highest BCUT2D eigenvalue weighted by Crippen LogP contribution is 2.31. The molecule has 0 aromatic carbocycles. The molecule has 86 valence electrons. The summed E-state index contributed by atoms with van der Waals surface area (Å²) < 4.78 is 11.2. The summed E-state index contributed by atoms with van der Waals surface area (Å²) in [6.07, 6.45) is 1.57. The van der Waals surface area contributed by atoms with Crippen LogP contribution >= 0.6 is 0 Å². The molecule has 2 aliphatic heterocycles. The van der Waals surface area contributed by atoms with Gasteiger partial charge in [0, 0.05) is 40.0 Å². The number of carbonyl (C=O) groups is 1. The maximum Gasteiger partial charge on any atom is 0.319 e. The predicted molar refractivity (Wildman–Crippen MR) is 54.5 cm³/mol. The molecule has 0 unspecified atom stereocenters. The minimum absolute atomic E-state index is 0.0721. The number of urea groups is 1. The number of carbonyl (C=O) groups excluding carboxylic acids is 1. The van der Waals surface area contributed by atoms with Crippen LogP contribution in [0.15, 0.2) is 0 Å². The first-order valence-corrected chi connectivity index (χ1v) is 5.37. The lowest BCUT2D eigenvalue weighted by atomic mass is 10.0. The van der Waals surface area contributed by atoms with Crippen molar-refractivity contribution < 1.29 is 14.3 Å². The Morgan fingerprint density at radius 2 is 1.73 bits per heavy atom. The van der Waals surface area contributed by atoms with Crippen molar-refractivity contribution in [2.75, 3.05) is 40.4 Å². The lowest BCUT2D eigenvalue weighted by Crippen LogP contribution is -2.49. The van der Waals surface area contributed by atoms with Crippen LogP contribution in [0.2, 0.25) is 0 Å². The Bertz CT molecular complexity index is 239. The molecule has 5 heteroatoms. The molecule has 0 aliphatic carbocycles. The van der Waals surface area contributed by atoms with Crippen LogP contribution in [0.4, 0.5) is 4.79 Å². The van der Waals surface area contributed by atoms with E-state index in [2.05, 4.69) is 0 Å². The summed E-state index contributed by atoms with van der Waals surface area (Å²) >= 11 is 0. The Kier molecular flexibility index (Phi) is 2.84. The van der Waals surface area contributed by atoms with Crippen LogP contribution in [0, 0.1) is 0 Å². The summed E-state index contributed by atoms with van der Waals surface area (Å²) in [7, 11) is 3.55. The number of likely N-dealkylation sites (tertiary alicyclic amines) is 1. The van der Waals surface area contributed by atoms with Crippen molar-refractivity contribution >= 4 is 6.03 Å². The zero-order valence-electron chi connectivity index (χ0n) is 9.36. The molecule has 2 amide bonds. The Labute approximate surface area is 89.9 Å². The van der Waals surface area contributed by atoms with Crippen molar-refractivity contribution in [2.45, 2.75) is 18.6 Å². The topological polar surface area (TPSA) is 42.0 Å². The number of ether oxygens (including phenoxy) is 2. The number of amides is 2. The molecule has 0 aromatic heterocycles. The largest absolute Gasteiger partial charge is 0.347 e. The molecule has 2 saturated heterocycles. The number of rotatable bonds is 0. The molecule has 5 nitrogen and oxygen atoms in total. The van der Waals surface area contributed by atoms with E-state index in [1.807, 2.05) is 4.90 Å². The number of nitrogens with zero attached hydrogens (tertiary/aromatic N) is 2. The van der Waals surface area contributed by atoms with Crippen molar-refractivity contribution in [1.82, 2.24) is 9.80 Å². The molecular weight excluding hydrogens is 196 g/mol. The van der Waals surface area contributed by atoms with Gasteiger partial charge in [0.05, 0.1) is 13.2 Å². The Morgan fingerprint density at radius 1 is 1.20 bits per heavy atom. The van der Waals surface area contributed by atoms with Crippen LogP contribution in [-0.2, 0) is 9.47 Å². The Morgan fingerprint density at radius 3 is 2.20 bits per heavy atom. The van der Waals surface area contributed by atoms with Gasteiger partial charge in [-0.3, -0.25) is 0 Å². The van der Waals surface area contributed by atoms with Crippen molar-refractivity contribution in [3.05, 3.63) is 0 Å². The zero-order valence-corrected chi connectivity index (χ0v) is 9.36. The van der Waals surface area contributed by atoms with Crippen molar-refractivity contribution in [3.63, 3.8) is 0 Å². The molecule has 0 N–H and O–H groups in total. The molecular formula is C10H18N2O3. The van der Waals surface area contributed by atoms with Gasteiger partial charge in [-0.2, -0.15) is 0 Å². The average Bonchev–Trinajstić information content (AvgIpc) is 2.67. The van der Waals surface area contributed by atoms with Gasteiger partial charge in [0.2, 0.25) is 0 Å². The second-order valence-electron chi connectivity index (χ2n) is 4.27. The summed E-state index contributed by atoms with van der Waals surface area (Å²) in [5.41, 5.74) is 0. The maximum absolute atomic E-state index is 11.7. The van der Waals surface area contributed by atoms with Gasteiger partial charge in [0.15, 0.2) is 5.79 Å². The van der Waals surface area contributed by atoms with Crippen LogP contribution in [0.3, 0.4) is 0 Å². The molecule has 0 atom stereocenters. The molecule has 0 saturated carbocycles. The summed E-state index contributed by atoms with van der Waals surface area (Å²) in [5.74, 6) is -0.386. The Hall–Kier alpha value is -0.810. The fourth-order valence-electron chi connectivity index (χ4n) is 2.11. The lowest BCUT2D eigenvalue weighted by Gasteiger charge is -2.38. The van der Waals surface area contributed by atoms with Crippen LogP contribution in [0.25, 0.3) is 0 Å². The van der Waals surface area contributed by atoms with E-state index in [4.69, 9.17) is 9.47 Å². The van der Waals surface area contributed by atoms with E-state index in [9.17, 15) is 4.79 Å². The highest BCUT2D eigenvalue weighted by molar-refractivity contribution is 5.73. The molecule has 0 radical (unpaired) electrons. The zero-order chi connectivity index (χ0) is 10.9. The highest BCUT2D eigenvalue weighted by atomic mass is 16.7. The molecule has 0 aromatic rings. The van der Waals surface area contributed by atoms with Gasteiger partial charge in [-0.25, -0.2) is 4.79 Å². The van der Waals surface area contributed by atoms with Crippen molar-refractivity contribution in [1.29, 1.82) is 0 Å². The first-order chi connectivity index (χ1) is 7.13. The SMILES string of the molecule is CN(C)C(=O)N1CCC2(CC1)OCCO2. The smallest absolute Gasteiger partial charge is 0.319 e. The molecule has 2 rings (SSSR count). The van der Waals surface area contributed by atoms with Gasteiger partial charge in [-0.15, -0.1) is 0 Å². The van der Waals surface area contributed by atoms with Gasteiger partial charge in [-0.05, 0) is 0 Å². The molecule has 0 bridgehead atoms. The second kappa shape index (κ2) is 3.98. The van der Waals surface area contributed by atoms with Crippen LogP contribution in [0.1, 0.15) is 12.8 Å². The second-order valence-corrected chi connectivity index (χ2v) is 4.27. The minimum atomic E-state index is -0.386. The summed E-state index contributed by atoms with van der Waals surface area (Å²) in [6.45, 7) is 2.80. The molecule has 2 aliphatic rings. The number of piperidine rings is 1. The first kappa shape index (κ1) is 10.7. The van der Waals surface area contributed by atoms with Gasteiger partial charge in [-0.1, -0.05) is 0 Å². The van der Waals surface area contributed by atoms with E-state index >= 15 is 0 Å². The van der Waals surface area contributed by atoms with Crippen molar-refractivity contribution in [3.8, 4) is 0 Å². The van der Waals surface area contributed by atoms with Gasteiger partial charge < -0.3 is 19.3 Å². The normalized spacial score (nSPS) is 24.5. The standard InChI is InChI=1S/C10H18N2O3/c1-11(2)9(13)12-5-3-10(4-6-12)14-7-8-15-10/h3-8H2,1-2H3. The summed E-state index contributed by atoms with van der Waals surface area (Å²) in [6, 6.07) is 0.0721. The third-order valence-corrected chi connectivity index (χ3v) is 2.99. The lowest BCUT2D eigenvalue weighted by molar-refractivity contribution is -0.181. The Balaban J connectivity index is 1.89. The fraction of sp³-hybridized carbons (Fsp3) is 0.900. The average molecular weight is 214 g/mol. The maximum atomic E-state index is 11.7. The molecule has 2 heterocycles. The first-order valence-electron chi connectivity index (χ1n) is 5.37. The molecule has 1 spiro atoms. The van der Waals surface area contributed by atoms with Crippen LogP contribution in [-0.4, -0.2) is 62.0 Å². The predicted octanol–water partition coefficient (Wildman–Crippen LogP) is 0.507. The van der Waals surface area contributed by atoms with E-state index in [-0.39, 0.29) is 11.8 Å². The number of hydrogen-bond acceptors (Lipinski definition) is 3. The summed E-state index contributed by atoms with van der Waals surface area (Å²) in [4.78, 5) is 15.1. The van der Waals surface area contributed by atoms with E-state index in [1.165, 1.54) is 0 Å². The highest BCUT2D eigenvalue weighted by Gasteiger charge is 2.40. The monoisotopic (exact) mass is 214 g/mol. The number of hydrogen-bond donors (Lipinski definition) is 0. The van der Waals surface area contributed by atoms with Crippen molar-refractivity contribution in [2.24, 2.45) is 0 Å². The van der Waals surface area contributed by atoms with Crippen LogP contribution < -0.4 is 0 Å². The van der Waals surface area contributed by atoms with Gasteiger partial charge >= 0.3 is 6.03 Å². The van der Waals surface area contributed by atoms with Gasteiger partial charge in [0.1, 0.15) is 0 Å². The molecule has 15 heavy (non-hydrogen) atoms. The molecule has 2 fully saturated rings. The van der Waals surface area contributed by atoms with E-state index in [0.717, 1.165) is 25.9 Å². The van der Waals surface area contributed by atoms with E-state index in [0.29, 0.717) is 13.2 Å². The third-order valence-electron chi connectivity index (χ3n) is 2.99. The van der Waals surface area contributed by atoms with Gasteiger partial charge in [0.25, 0.3) is 0 Å². The fourth-order valence-corrected chi connectivity index (χ4v) is 2.11. The van der Waals surface area contributed by atoms with E-state index in [1.54, 1.807) is 19.0 Å². The van der Waals surface area contributed by atoms with E-state index < -0.39 is 0 Å². The third kappa shape index (κ3) is 2.08. The quantitative estimate of drug-likeness (QED) is 0.590.